The molecule has 0 aromatic carbocycles. The van der Waals surface area contributed by atoms with Crippen LogP contribution in [0.15, 0.2) is 6.07 Å². The van der Waals surface area contributed by atoms with Crippen molar-refractivity contribution in [3.63, 3.8) is 0 Å². The number of ether oxygens (including phenoxy) is 1. The van der Waals surface area contributed by atoms with Crippen molar-refractivity contribution >= 4 is 35.3 Å². The Bertz CT molecular complexity index is 503. The lowest BCUT2D eigenvalue weighted by Crippen LogP contribution is -2.41. The molecule has 118 valence electrons. The zero-order valence-electron chi connectivity index (χ0n) is 11.7. The van der Waals surface area contributed by atoms with E-state index in [1.54, 1.807) is 6.92 Å². The lowest BCUT2D eigenvalue weighted by molar-refractivity contribution is -0.385. The summed E-state index contributed by atoms with van der Waals surface area (Å²) in [6.07, 6.45) is 0. The molecule has 1 aliphatic heterocycles. The Kier molecular flexibility index (Phi) is 7.03. The number of nitro groups is 1. The number of carbonyl (C=O) groups excluding carboxylic acids is 1. The molecule has 1 aromatic rings. The van der Waals surface area contributed by atoms with Crippen molar-refractivity contribution in [2.45, 2.75) is 6.92 Å². The largest absolute Gasteiger partial charge is 0.379 e. The van der Waals surface area contributed by atoms with Gasteiger partial charge < -0.3 is 10.1 Å². The predicted molar refractivity (Wildman–Crippen MR) is 82.6 cm³/mol. The number of nitrogens with zero attached hydrogens (tertiary/aromatic N) is 2. The maximum Gasteiger partial charge on any atom is 0.283 e. The van der Waals surface area contributed by atoms with Gasteiger partial charge in [-0.1, -0.05) is 0 Å². The fraction of sp³-hybridized carbons (Fsp3) is 0.583. The van der Waals surface area contributed by atoms with Crippen molar-refractivity contribution in [3.05, 3.63) is 25.9 Å². The zero-order chi connectivity index (χ0) is 14.5. The van der Waals surface area contributed by atoms with Gasteiger partial charge in [0.25, 0.3) is 11.6 Å². The van der Waals surface area contributed by atoms with Crippen molar-refractivity contribution in [2.24, 2.45) is 0 Å². The Morgan fingerprint density at radius 2 is 2.19 bits per heavy atom. The molecule has 1 aliphatic rings. The van der Waals surface area contributed by atoms with E-state index in [2.05, 4.69) is 10.2 Å². The molecule has 0 spiro atoms. The highest BCUT2D eigenvalue weighted by Crippen LogP contribution is 2.27. The molecule has 1 N–H and O–H groups in total. The zero-order valence-corrected chi connectivity index (χ0v) is 13.3. The van der Waals surface area contributed by atoms with Gasteiger partial charge >= 0.3 is 0 Å². The summed E-state index contributed by atoms with van der Waals surface area (Å²) < 4.78 is 5.24. The molecule has 1 amide bonds. The van der Waals surface area contributed by atoms with E-state index >= 15 is 0 Å². The molecule has 9 heteroatoms. The topological polar surface area (TPSA) is 84.7 Å². The van der Waals surface area contributed by atoms with Gasteiger partial charge in [0.05, 0.1) is 27.9 Å². The fourth-order valence-corrected chi connectivity index (χ4v) is 2.91. The van der Waals surface area contributed by atoms with Gasteiger partial charge in [0.1, 0.15) is 0 Å². The van der Waals surface area contributed by atoms with Crippen LogP contribution >= 0.6 is 23.7 Å². The molecule has 0 unspecified atom stereocenters. The van der Waals surface area contributed by atoms with Crippen LogP contribution in [0.2, 0.25) is 0 Å². The summed E-state index contributed by atoms with van der Waals surface area (Å²) >= 11 is 1.15. The van der Waals surface area contributed by atoms with E-state index < -0.39 is 4.92 Å². The quantitative estimate of drug-likeness (QED) is 0.650. The van der Waals surface area contributed by atoms with E-state index in [4.69, 9.17) is 4.74 Å². The lowest BCUT2D eigenvalue weighted by Gasteiger charge is -2.26. The van der Waals surface area contributed by atoms with Crippen LogP contribution in [0.4, 0.5) is 5.69 Å². The summed E-state index contributed by atoms with van der Waals surface area (Å²) in [7, 11) is 0. The Labute approximate surface area is 132 Å². The maximum absolute atomic E-state index is 11.9. The molecule has 2 rings (SSSR count). The minimum Gasteiger partial charge on any atom is -0.379 e. The van der Waals surface area contributed by atoms with Gasteiger partial charge in [-0.25, -0.2) is 0 Å². The van der Waals surface area contributed by atoms with E-state index in [-0.39, 0.29) is 24.0 Å². The normalized spacial score (nSPS) is 15.3. The molecular weight excluding hydrogens is 318 g/mol. The van der Waals surface area contributed by atoms with Gasteiger partial charge in [-0.15, -0.1) is 23.7 Å². The SMILES string of the molecule is Cc1sc(C(=O)NCCN2CCOCC2)cc1[N+](=O)[O-].Cl. The van der Waals surface area contributed by atoms with Crippen molar-refractivity contribution < 1.29 is 14.5 Å². The molecule has 2 heterocycles. The smallest absolute Gasteiger partial charge is 0.283 e. The monoisotopic (exact) mass is 335 g/mol. The van der Waals surface area contributed by atoms with E-state index in [1.165, 1.54) is 6.07 Å². The second kappa shape index (κ2) is 8.28. The molecule has 21 heavy (non-hydrogen) atoms. The van der Waals surface area contributed by atoms with E-state index in [0.29, 0.717) is 16.3 Å². The van der Waals surface area contributed by atoms with E-state index in [9.17, 15) is 14.9 Å². The van der Waals surface area contributed by atoms with Gasteiger partial charge in [-0.2, -0.15) is 0 Å². The van der Waals surface area contributed by atoms with Crippen LogP contribution in [0.3, 0.4) is 0 Å². The highest BCUT2D eigenvalue weighted by Gasteiger charge is 2.19. The summed E-state index contributed by atoms with van der Waals surface area (Å²) in [4.78, 5) is 25.3. The predicted octanol–water partition coefficient (Wildman–Crippen LogP) is 1.45. The Morgan fingerprint density at radius 1 is 1.52 bits per heavy atom. The van der Waals surface area contributed by atoms with Crippen LogP contribution in [0.25, 0.3) is 0 Å². The van der Waals surface area contributed by atoms with Crippen LogP contribution < -0.4 is 5.32 Å². The van der Waals surface area contributed by atoms with Crippen LogP contribution in [-0.4, -0.2) is 55.1 Å². The minimum atomic E-state index is -0.462. The van der Waals surface area contributed by atoms with Gasteiger partial charge in [0.15, 0.2) is 0 Å². The molecule has 0 atom stereocenters. The molecule has 1 saturated heterocycles. The summed E-state index contributed by atoms with van der Waals surface area (Å²) in [5, 5.41) is 13.5. The van der Waals surface area contributed by atoms with Crippen LogP contribution in [0.5, 0.6) is 0 Å². The van der Waals surface area contributed by atoms with Crippen molar-refractivity contribution in [2.75, 3.05) is 39.4 Å². The number of thiophene rings is 1. The third-order valence-electron chi connectivity index (χ3n) is 3.13. The number of halogens is 1. The first-order valence-corrected chi connectivity index (χ1v) is 7.22. The number of hydrogen-bond donors (Lipinski definition) is 1. The maximum atomic E-state index is 11.9. The van der Waals surface area contributed by atoms with Crippen LogP contribution in [-0.2, 0) is 4.74 Å². The Balaban J connectivity index is 0.00000220. The summed E-state index contributed by atoms with van der Waals surface area (Å²) in [6, 6.07) is 1.34. The van der Waals surface area contributed by atoms with Crippen molar-refractivity contribution in [1.82, 2.24) is 10.2 Å². The van der Waals surface area contributed by atoms with Crippen molar-refractivity contribution in [1.29, 1.82) is 0 Å². The molecular formula is C12H18ClN3O4S. The lowest BCUT2D eigenvalue weighted by atomic mass is 10.3. The van der Waals surface area contributed by atoms with Crippen LogP contribution in [0, 0.1) is 17.0 Å². The molecule has 1 fully saturated rings. The highest BCUT2D eigenvalue weighted by atomic mass is 35.5. The third kappa shape index (κ3) is 4.92. The summed E-state index contributed by atoms with van der Waals surface area (Å²) in [6.45, 7) is 6.14. The number of nitrogens with one attached hydrogen (secondary N) is 1. The number of morpholine rings is 1. The fourth-order valence-electron chi connectivity index (χ4n) is 2.01. The third-order valence-corrected chi connectivity index (χ3v) is 4.17. The Morgan fingerprint density at radius 3 is 2.76 bits per heavy atom. The van der Waals surface area contributed by atoms with E-state index in [0.717, 1.165) is 44.2 Å². The van der Waals surface area contributed by atoms with Crippen LogP contribution in [0.1, 0.15) is 14.5 Å². The highest BCUT2D eigenvalue weighted by molar-refractivity contribution is 7.14. The first kappa shape index (κ1) is 17.8. The number of hydrogen-bond acceptors (Lipinski definition) is 6. The summed E-state index contributed by atoms with van der Waals surface area (Å²) in [5.74, 6) is -0.251. The van der Waals surface area contributed by atoms with Gasteiger partial charge in [0, 0.05) is 32.2 Å². The first-order chi connectivity index (χ1) is 9.58. The number of carbonyl (C=O) groups is 1. The van der Waals surface area contributed by atoms with Crippen molar-refractivity contribution in [3.8, 4) is 0 Å². The second-order valence-corrected chi connectivity index (χ2v) is 5.78. The van der Waals surface area contributed by atoms with E-state index in [1.807, 2.05) is 0 Å². The second-order valence-electron chi connectivity index (χ2n) is 4.52. The molecule has 0 saturated carbocycles. The average molecular weight is 336 g/mol. The first-order valence-electron chi connectivity index (χ1n) is 6.41. The van der Waals surface area contributed by atoms with Gasteiger partial charge in [-0.05, 0) is 6.92 Å². The Hall–Kier alpha value is -1.22. The molecule has 7 nitrogen and oxygen atoms in total. The van der Waals surface area contributed by atoms with Gasteiger partial charge in [-0.3, -0.25) is 19.8 Å². The number of aryl methyl sites for hydroxylation is 1. The molecule has 0 radical (unpaired) electrons. The minimum absolute atomic E-state index is 0. The standard InChI is InChI=1S/C12H17N3O4S.ClH/c1-9-10(15(17)18)8-11(20-9)12(16)13-2-3-14-4-6-19-7-5-14;/h8H,2-7H2,1H3,(H,13,16);1H. The number of rotatable bonds is 5. The number of amides is 1. The molecule has 1 aromatic heterocycles. The van der Waals surface area contributed by atoms with Gasteiger partial charge in [0.2, 0.25) is 0 Å². The average Bonchev–Trinajstić information content (AvgIpc) is 2.82. The molecule has 0 aliphatic carbocycles. The summed E-state index contributed by atoms with van der Waals surface area (Å²) in [5.41, 5.74) is 0.00771. The molecule has 0 bridgehead atoms.